The van der Waals surface area contributed by atoms with Gasteiger partial charge in [-0.3, -0.25) is 4.98 Å². The van der Waals surface area contributed by atoms with Crippen molar-refractivity contribution in [1.82, 2.24) is 19.9 Å². The van der Waals surface area contributed by atoms with Crippen molar-refractivity contribution in [2.24, 2.45) is 0 Å². The lowest BCUT2D eigenvalue weighted by molar-refractivity contribution is 0.0593. The second-order valence-electron chi connectivity index (χ2n) is 3.49. The number of hydrogen-bond donors (Lipinski definition) is 2. The summed E-state index contributed by atoms with van der Waals surface area (Å²) in [6.07, 6.45) is 7.12. The highest BCUT2D eigenvalue weighted by molar-refractivity contribution is 5.87. The number of aromatic amines is 1. The molecule has 0 saturated heterocycles. The predicted octanol–water partition coefficient (Wildman–Crippen LogP) is 0.641. The van der Waals surface area contributed by atoms with E-state index in [9.17, 15) is 4.79 Å². The van der Waals surface area contributed by atoms with Gasteiger partial charge in [0.2, 0.25) is 0 Å². The van der Waals surface area contributed by atoms with E-state index in [2.05, 4.69) is 30.0 Å². The lowest BCUT2D eigenvalue weighted by atomic mass is 10.4. The van der Waals surface area contributed by atoms with Crippen LogP contribution in [0.2, 0.25) is 0 Å². The SMILES string of the molecule is COC(=O)c1cncc(NCCc2ncc[nH]2)n1. The Balaban J connectivity index is 1.91. The molecule has 0 bridgehead atoms. The van der Waals surface area contributed by atoms with Crippen molar-refractivity contribution in [2.75, 3.05) is 19.0 Å². The number of ether oxygens (including phenoxy) is 1. The molecule has 2 rings (SSSR count). The summed E-state index contributed by atoms with van der Waals surface area (Å²) in [5.74, 6) is 0.918. The molecule has 94 valence electrons. The topological polar surface area (TPSA) is 92.8 Å². The minimum atomic E-state index is -0.503. The maximum Gasteiger partial charge on any atom is 0.358 e. The minimum Gasteiger partial charge on any atom is -0.464 e. The van der Waals surface area contributed by atoms with Gasteiger partial charge in [-0.15, -0.1) is 0 Å². The number of esters is 1. The molecule has 2 aromatic heterocycles. The number of carbonyl (C=O) groups is 1. The molecular formula is C11H13N5O2. The fraction of sp³-hybridized carbons (Fsp3) is 0.273. The maximum absolute atomic E-state index is 11.3. The highest BCUT2D eigenvalue weighted by Gasteiger charge is 2.08. The molecule has 0 unspecified atom stereocenters. The van der Waals surface area contributed by atoms with Gasteiger partial charge in [-0.2, -0.15) is 0 Å². The molecule has 0 aliphatic carbocycles. The number of anilines is 1. The molecule has 0 radical (unpaired) electrons. The molecule has 0 atom stereocenters. The summed E-state index contributed by atoms with van der Waals surface area (Å²) in [4.78, 5) is 26.4. The Morgan fingerprint density at radius 2 is 2.39 bits per heavy atom. The van der Waals surface area contributed by atoms with E-state index < -0.39 is 5.97 Å². The minimum absolute atomic E-state index is 0.181. The molecule has 2 N–H and O–H groups in total. The largest absolute Gasteiger partial charge is 0.464 e. The van der Waals surface area contributed by atoms with E-state index in [1.54, 1.807) is 18.6 Å². The first-order valence-corrected chi connectivity index (χ1v) is 5.42. The number of carbonyl (C=O) groups excluding carboxylic acids is 1. The number of H-pyrrole nitrogens is 1. The monoisotopic (exact) mass is 247 g/mol. The Morgan fingerprint density at radius 3 is 3.11 bits per heavy atom. The number of nitrogens with one attached hydrogen (secondary N) is 2. The average molecular weight is 247 g/mol. The maximum atomic E-state index is 11.3. The van der Waals surface area contributed by atoms with Crippen LogP contribution in [0.5, 0.6) is 0 Å². The van der Waals surface area contributed by atoms with Crippen LogP contribution in [0.15, 0.2) is 24.8 Å². The van der Waals surface area contributed by atoms with Gasteiger partial charge in [-0.25, -0.2) is 14.8 Å². The molecule has 2 aromatic rings. The van der Waals surface area contributed by atoms with Crippen LogP contribution in [0.3, 0.4) is 0 Å². The number of hydrogen-bond acceptors (Lipinski definition) is 6. The van der Waals surface area contributed by atoms with Crippen LogP contribution in [0.4, 0.5) is 5.82 Å². The van der Waals surface area contributed by atoms with Crippen molar-refractivity contribution in [3.63, 3.8) is 0 Å². The first-order valence-electron chi connectivity index (χ1n) is 5.42. The fourth-order valence-corrected chi connectivity index (χ4v) is 1.40. The lowest BCUT2D eigenvalue weighted by Crippen LogP contribution is -2.11. The molecule has 0 aliphatic heterocycles. The quantitative estimate of drug-likeness (QED) is 0.753. The normalized spacial score (nSPS) is 10.1. The molecule has 7 heteroatoms. The Kier molecular flexibility index (Phi) is 3.85. The summed E-state index contributed by atoms with van der Waals surface area (Å²) in [5.41, 5.74) is 0.181. The average Bonchev–Trinajstić information content (AvgIpc) is 2.91. The standard InChI is InChI=1S/C11H13N5O2/c1-18-11(17)8-6-12-7-10(16-8)13-3-2-9-14-4-5-15-9/h4-7H,2-3H2,1H3,(H,13,16)(H,14,15). The third-order valence-electron chi connectivity index (χ3n) is 2.25. The van der Waals surface area contributed by atoms with Crippen LogP contribution >= 0.6 is 0 Å². The summed E-state index contributed by atoms with van der Waals surface area (Å²) in [5, 5.41) is 3.06. The van der Waals surface area contributed by atoms with E-state index >= 15 is 0 Å². The van der Waals surface area contributed by atoms with Crippen molar-refractivity contribution in [2.45, 2.75) is 6.42 Å². The Hall–Kier alpha value is -2.44. The third-order valence-corrected chi connectivity index (χ3v) is 2.25. The summed E-state index contributed by atoms with van der Waals surface area (Å²) in [6.45, 7) is 0.646. The Morgan fingerprint density at radius 1 is 1.50 bits per heavy atom. The number of methoxy groups -OCH3 is 1. The predicted molar refractivity (Wildman–Crippen MR) is 64.2 cm³/mol. The highest BCUT2D eigenvalue weighted by Crippen LogP contribution is 2.03. The van der Waals surface area contributed by atoms with Crippen LogP contribution in [-0.4, -0.2) is 39.6 Å². The smallest absolute Gasteiger partial charge is 0.358 e. The molecule has 0 aliphatic rings. The molecule has 7 nitrogen and oxygen atoms in total. The second kappa shape index (κ2) is 5.76. The molecule has 0 spiro atoms. The van der Waals surface area contributed by atoms with E-state index in [1.165, 1.54) is 13.3 Å². The first kappa shape index (κ1) is 12.0. The van der Waals surface area contributed by atoms with Crippen molar-refractivity contribution in [3.8, 4) is 0 Å². The summed E-state index contributed by atoms with van der Waals surface area (Å²) < 4.78 is 4.57. The number of aromatic nitrogens is 4. The zero-order valence-corrected chi connectivity index (χ0v) is 9.88. The van der Waals surface area contributed by atoms with Crippen LogP contribution < -0.4 is 5.32 Å². The number of rotatable bonds is 5. The molecule has 0 amide bonds. The van der Waals surface area contributed by atoms with Gasteiger partial charge >= 0.3 is 5.97 Å². The molecular weight excluding hydrogens is 234 g/mol. The molecule has 18 heavy (non-hydrogen) atoms. The first-order chi connectivity index (χ1) is 8.79. The van der Waals surface area contributed by atoms with Crippen LogP contribution in [0.1, 0.15) is 16.3 Å². The van der Waals surface area contributed by atoms with Crippen LogP contribution in [-0.2, 0) is 11.2 Å². The molecule has 2 heterocycles. The zero-order valence-electron chi connectivity index (χ0n) is 9.88. The fourth-order valence-electron chi connectivity index (χ4n) is 1.40. The van der Waals surface area contributed by atoms with Gasteiger partial charge in [0.05, 0.1) is 19.5 Å². The zero-order chi connectivity index (χ0) is 12.8. The van der Waals surface area contributed by atoms with E-state index in [-0.39, 0.29) is 5.69 Å². The summed E-state index contributed by atoms with van der Waals surface area (Å²) >= 11 is 0. The lowest BCUT2D eigenvalue weighted by Gasteiger charge is -2.05. The van der Waals surface area contributed by atoms with E-state index in [1.807, 2.05) is 0 Å². The third kappa shape index (κ3) is 3.03. The van der Waals surface area contributed by atoms with Gasteiger partial charge in [0.15, 0.2) is 5.69 Å². The van der Waals surface area contributed by atoms with Crippen LogP contribution in [0.25, 0.3) is 0 Å². The van der Waals surface area contributed by atoms with Gasteiger partial charge in [-0.05, 0) is 0 Å². The Bertz CT molecular complexity index is 512. The van der Waals surface area contributed by atoms with Gasteiger partial charge in [0, 0.05) is 25.4 Å². The number of imidazole rings is 1. The van der Waals surface area contributed by atoms with Gasteiger partial charge in [0.25, 0.3) is 0 Å². The molecule has 0 saturated carbocycles. The van der Waals surface area contributed by atoms with E-state index in [4.69, 9.17) is 0 Å². The highest BCUT2D eigenvalue weighted by atomic mass is 16.5. The van der Waals surface area contributed by atoms with Crippen molar-refractivity contribution < 1.29 is 9.53 Å². The van der Waals surface area contributed by atoms with E-state index in [0.717, 1.165) is 12.2 Å². The Labute approximate surface area is 104 Å². The second-order valence-corrected chi connectivity index (χ2v) is 3.49. The van der Waals surface area contributed by atoms with Crippen molar-refractivity contribution in [3.05, 3.63) is 36.3 Å². The van der Waals surface area contributed by atoms with Gasteiger partial charge in [0.1, 0.15) is 11.6 Å². The molecule has 0 fully saturated rings. The van der Waals surface area contributed by atoms with E-state index in [0.29, 0.717) is 12.4 Å². The molecule has 0 aromatic carbocycles. The van der Waals surface area contributed by atoms with Gasteiger partial charge < -0.3 is 15.0 Å². The van der Waals surface area contributed by atoms with Crippen molar-refractivity contribution >= 4 is 11.8 Å². The number of nitrogens with zero attached hydrogens (tertiary/aromatic N) is 3. The summed E-state index contributed by atoms with van der Waals surface area (Å²) in [7, 11) is 1.31. The summed E-state index contributed by atoms with van der Waals surface area (Å²) in [6, 6.07) is 0. The van der Waals surface area contributed by atoms with Crippen molar-refractivity contribution in [1.29, 1.82) is 0 Å². The van der Waals surface area contributed by atoms with Gasteiger partial charge in [-0.1, -0.05) is 0 Å². The van der Waals surface area contributed by atoms with Crippen LogP contribution in [0, 0.1) is 0 Å².